The van der Waals surface area contributed by atoms with E-state index in [4.69, 9.17) is 9.47 Å². The number of amides is 1. The summed E-state index contributed by atoms with van der Waals surface area (Å²) in [7, 11) is 3.31. The Morgan fingerprint density at radius 3 is 2.42 bits per heavy atom. The van der Waals surface area contributed by atoms with E-state index in [1.165, 1.54) is 0 Å². The van der Waals surface area contributed by atoms with Crippen LogP contribution in [0.25, 0.3) is 0 Å². The summed E-state index contributed by atoms with van der Waals surface area (Å²) in [6.07, 6.45) is 2.85. The lowest BCUT2D eigenvalue weighted by Crippen LogP contribution is -2.43. The number of nitrogens with one attached hydrogen (secondary N) is 2. The molecule has 132 valence electrons. The topological polar surface area (TPSA) is 62.8 Å². The summed E-state index contributed by atoms with van der Waals surface area (Å²) in [5.41, 5.74) is 1.07. The molecule has 2 N–H and O–H groups in total. The van der Waals surface area contributed by atoms with E-state index in [1.54, 1.807) is 14.2 Å². The van der Waals surface area contributed by atoms with Gasteiger partial charge < -0.3 is 25.0 Å². The third-order valence-electron chi connectivity index (χ3n) is 4.95. The Hall–Kier alpha value is -1.95. The molecule has 6 nitrogen and oxygen atoms in total. The zero-order chi connectivity index (χ0) is 16.9. The predicted molar refractivity (Wildman–Crippen MR) is 93.9 cm³/mol. The SMILES string of the molecule is COc1cc(OC)cc(N2CCC(NC(=O)C3CCNCC3)C2)c1. The third-order valence-corrected chi connectivity index (χ3v) is 4.95. The van der Waals surface area contributed by atoms with Gasteiger partial charge in [-0.3, -0.25) is 4.79 Å². The Morgan fingerprint density at radius 1 is 1.12 bits per heavy atom. The molecule has 0 bridgehead atoms. The summed E-state index contributed by atoms with van der Waals surface area (Å²) in [6, 6.07) is 6.11. The third kappa shape index (κ3) is 3.93. The van der Waals surface area contributed by atoms with E-state index < -0.39 is 0 Å². The van der Waals surface area contributed by atoms with Crippen molar-refractivity contribution in [1.29, 1.82) is 0 Å². The lowest BCUT2D eigenvalue weighted by Gasteiger charge is -2.24. The van der Waals surface area contributed by atoms with E-state index in [1.807, 2.05) is 18.2 Å². The molecular weight excluding hydrogens is 306 g/mol. The zero-order valence-corrected chi connectivity index (χ0v) is 14.5. The molecule has 1 amide bonds. The van der Waals surface area contributed by atoms with Crippen molar-refractivity contribution in [2.24, 2.45) is 5.92 Å². The largest absolute Gasteiger partial charge is 0.497 e. The molecule has 0 aliphatic carbocycles. The van der Waals surface area contributed by atoms with Gasteiger partial charge in [0, 0.05) is 48.9 Å². The summed E-state index contributed by atoms with van der Waals surface area (Å²) in [5.74, 6) is 1.95. The molecule has 2 aliphatic rings. The second-order valence-electron chi connectivity index (χ2n) is 6.54. The number of methoxy groups -OCH3 is 2. The molecular formula is C18H27N3O3. The molecule has 2 fully saturated rings. The van der Waals surface area contributed by atoms with Crippen LogP contribution in [-0.4, -0.2) is 52.3 Å². The number of carbonyl (C=O) groups is 1. The van der Waals surface area contributed by atoms with Gasteiger partial charge in [-0.1, -0.05) is 0 Å². The molecule has 2 saturated heterocycles. The first-order valence-electron chi connectivity index (χ1n) is 8.68. The molecule has 0 saturated carbocycles. The Balaban J connectivity index is 1.59. The van der Waals surface area contributed by atoms with Gasteiger partial charge in [0.2, 0.25) is 5.91 Å². The molecule has 2 aliphatic heterocycles. The van der Waals surface area contributed by atoms with Crippen LogP contribution in [0.4, 0.5) is 5.69 Å². The lowest BCUT2D eigenvalue weighted by atomic mass is 9.97. The summed E-state index contributed by atoms with van der Waals surface area (Å²) in [5, 5.41) is 6.54. The molecule has 1 unspecified atom stereocenters. The number of hydrogen-bond acceptors (Lipinski definition) is 5. The van der Waals surface area contributed by atoms with Gasteiger partial charge in [-0.2, -0.15) is 0 Å². The summed E-state index contributed by atoms with van der Waals surface area (Å²) < 4.78 is 10.7. The van der Waals surface area contributed by atoms with Crippen molar-refractivity contribution in [3.05, 3.63) is 18.2 Å². The van der Waals surface area contributed by atoms with Crippen molar-refractivity contribution in [2.75, 3.05) is 45.3 Å². The fourth-order valence-corrected chi connectivity index (χ4v) is 3.49. The minimum absolute atomic E-state index is 0.164. The number of benzene rings is 1. The second-order valence-corrected chi connectivity index (χ2v) is 6.54. The molecule has 1 atom stereocenters. The van der Waals surface area contributed by atoms with Crippen LogP contribution in [0, 0.1) is 5.92 Å². The Morgan fingerprint density at radius 2 is 1.79 bits per heavy atom. The number of nitrogens with zero attached hydrogens (tertiary/aromatic N) is 1. The van der Waals surface area contributed by atoms with Gasteiger partial charge in [-0.05, 0) is 32.4 Å². The van der Waals surface area contributed by atoms with Crippen molar-refractivity contribution in [2.45, 2.75) is 25.3 Å². The highest BCUT2D eigenvalue weighted by atomic mass is 16.5. The average molecular weight is 333 g/mol. The maximum absolute atomic E-state index is 12.4. The zero-order valence-electron chi connectivity index (χ0n) is 14.5. The molecule has 24 heavy (non-hydrogen) atoms. The van der Waals surface area contributed by atoms with Crippen molar-refractivity contribution in [1.82, 2.24) is 10.6 Å². The fraction of sp³-hybridized carbons (Fsp3) is 0.611. The molecule has 2 heterocycles. The first-order chi connectivity index (χ1) is 11.7. The van der Waals surface area contributed by atoms with Gasteiger partial charge in [0.05, 0.1) is 14.2 Å². The maximum atomic E-state index is 12.4. The van der Waals surface area contributed by atoms with Crippen LogP contribution in [0.5, 0.6) is 11.5 Å². The van der Waals surface area contributed by atoms with E-state index >= 15 is 0 Å². The van der Waals surface area contributed by atoms with Crippen LogP contribution < -0.4 is 25.0 Å². The number of carbonyl (C=O) groups excluding carboxylic acids is 1. The van der Waals surface area contributed by atoms with E-state index in [0.29, 0.717) is 0 Å². The molecule has 3 rings (SSSR count). The van der Waals surface area contributed by atoms with Crippen LogP contribution in [0.15, 0.2) is 18.2 Å². The van der Waals surface area contributed by atoms with Gasteiger partial charge in [-0.25, -0.2) is 0 Å². The van der Waals surface area contributed by atoms with Crippen LogP contribution in [0.3, 0.4) is 0 Å². The highest BCUT2D eigenvalue weighted by molar-refractivity contribution is 5.79. The molecule has 0 aromatic heterocycles. The molecule has 0 radical (unpaired) electrons. The van der Waals surface area contributed by atoms with Gasteiger partial charge >= 0.3 is 0 Å². The molecule has 6 heteroatoms. The number of rotatable bonds is 5. The predicted octanol–water partition coefficient (Wildman–Crippen LogP) is 1.40. The standard InChI is InChI=1S/C18H27N3O3/c1-23-16-9-15(10-17(11-16)24-2)21-8-5-14(12-21)20-18(22)13-3-6-19-7-4-13/h9-11,13-14,19H,3-8,12H2,1-2H3,(H,20,22). The Labute approximate surface area is 143 Å². The van der Waals surface area contributed by atoms with Crippen molar-refractivity contribution >= 4 is 11.6 Å². The van der Waals surface area contributed by atoms with Crippen LogP contribution >= 0.6 is 0 Å². The lowest BCUT2D eigenvalue weighted by molar-refractivity contribution is -0.126. The Kier molecular flexibility index (Phi) is 5.45. The van der Waals surface area contributed by atoms with Gasteiger partial charge in [0.1, 0.15) is 11.5 Å². The smallest absolute Gasteiger partial charge is 0.223 e. The number of anilines is 1. The van der Waals surface area contributed by atoms with Gasteiger partial charge in [-0.15, -0.1) is 0 Å². The summed E-state index contributed by atoms with van der Waals surface area (Å²) in [4.78, 5) is 14.7. The Bertz CT molecular complexity index is 550. The first-order valence-corrected chi connectivity index (χ1v) is 8.68. The highest BCUT2D eigenvalue weighted by Crippen LogP contribution is 2.30. The van der Waals surface area contributed by atoms with E-state index in [0.717, 1.165) is 62.6 Å². The second kappa shape index (κ2) is 7.75. The minimum Gasteiger partial charge on any atom is -0.497 e. The van der Waals surface area contributed by atoms with Crippen molar-refractivity contribution in [3.63, 3.8) is 0 Å². The number of ether oxygens (including phenoxy) is 2. The van der Waals surface area contributed by atoms with Gasteiger partial charge in [0.15, 0.2) is 0 Å². The average Bonchev–Trinajstić information content (AvgIpc) is 3.10. The van der Waals surface area contributed by atoms with Crippen LogP contribution in [-0.2, 0) is 4.79 Å². The van der Waals surface area contributed by atoms with E-state index in [2.05, 4.69) is 15.5 Å². The normalized spacial score (nSPS) is 21.6. The van der Waals surface area contributed by atoms with Crippen LogP contribution in [0.1, 0.15) is 19.3 Å². The molecule has 0 spiro atoms. The van der Waals surface area contributed by atoms with Gasteiger partial charge in [0.25, 0.3) is 0 Å². The monoisotopic (exact) mass is 333 g/mol. The van der Waals surface area contributed by atoms with E-state index in [9.17, 15) is 4.79 Å². The van der Waals surface area contributed by atoms with Crippen LogP contribution in [0.2, 0.25) is 0 Å². The summed E-state index contributed by atoms with van der Waals surface area (Å²) >= 11 is 0. The van der Waals surface area contributed by atoms with Crippen molar-refractivity contribution < 1.29 is 14.3 Å². The molecule has 1 aromatic rings. The summed E-state index contributed by atoms with van der Waals surface area (Å²) in [6.45, 7) is 3.64. The van der Waals surface area contributed by atoms with Crippen molar-refractivity contribution in [3.8, 4) is 11.5 Å². The highest BCUT2D eigenvalue weighted by Gasteiger charge is 2.28. The fourth-order valence-electron chi connectivity index (χ4n) is 3.49. The first kappa shape index (κ1) is 16.9. The quantitative estimate of drug-likeness (QED) is 0.853. The number of piperidine rings is 1. The maximum Gasteiger partial charge on any atom is 0.223 e. The number of hydrogen-bond donors (Lipinski definition) is 2. The molecule has 1 aromatic carbocycles. The van der Waals surface area contributed by atoms with E-state index in [-0.39, 0.29) is 17.9 Å². The minimum atomic E-state index is 0.164.